The number of anilines is 2. The molecule has 0 fully saturated rings. The van der Waals surface area contributed by atoms with Crippen LogP contribution in [0.25, 0.3) is 0 Å². The molecule has 19 heavy (non-hydrogen) atoms. The highest BCUT2D eigenvalue weighted by molar-refractivity contribution is 6.32. The number of nitrogens with zero attached hydrogens (tertiary/aromatic N) is 3. The van der Waals surface area contributed by atoms with E-state index in [9.17, 15) is 0 Å². The first-order chi connectivity index (χ1) is 9.22. The Morgan fingerprint density at radius 3 is 2.63 bits per heavy atom. The molecule has 1 rings (SSSR count). The first-order valence-electron chi connectivity index (χ1n) is 6.16. The molecule has 0 unspecified atom stereocenters. The van der Waals surface area contributed by atoms with Crippen molar-refractivity contribution in [1.29, 1.82) is 0 Å². The SMILES string of the molecule is CNc1ncc(Cl)c(N(CCCOC)CCOC)n1. The van der Waals surface area contributed by atoms with Crippen LogP contribution < -0.4 is 10.2 Å². The highest BCUT2D eigenvalue weighted by Crippen LogP contribution is 2.23. The second kappa shape index (κ2) is 8.90. The molecule has 7 heteroatoms. The van der Waals surface area contributed by atoms with Crippen LogP contribution in [-0.2, 0) is 9.47 Å². The minimum Gasteiger partial charge on any atom is -0.385 e. The van der Waals surface area contributed by atoms with Gasteiger partial charge < -0.3 is 19.7 Å². The highest BCUT2D eigenvalue weighted by Gasteiger charge is 2.13. The number of rotatable bonds is 9. The fourth-order valence-corrected chi connectivity index (χ4v) is 1.84. The second-order valence-corrected chi connectivity index (χ2v) is 4.35. The fourth-order valence-electron chi connectivity index (χ4n) is 1.63. The average molecular weight is 289 g/mol. The molecule has 0 saturated carbocycles. The van der Waals surface area contributed by atoms with Gasteiger partial charge in [-0.15, -0.1) is 0 Å². The van der Waals surface area contributed by atoms with E-state index in [-0.39, 0.29) is 0 Å². The molecule has 0 aliphatic rings. The summed E-state index contributed by atoms with van der Waals surface area (Å²) in [6.45, 7) is 2.84. The smallest absolute Gasteiger partial charge is 0.224 e. The van der Waals surface area contributed by atoms with Gasteiger partial charge in [-0.3, -0.25) is 0 Å². The molecule has 1 N–H and O–H groups in total. The van der Waals surface area contributed by atoms with Crippen LogP contribution in [-0.4, -0.2) is 57.5 Å². The standard InChI is InChI=1S/C12H21ClN4O2/c1-14-12-15-9-10(13)11(16-12)17(6-8-19-3)5-4-7-18-2/h9H,4-8H2,1-3H3,(H,14,15,16). The lowest BCUT2D eigenvalue weighted by atomic mass is 10.3. The van der Waals surface area contributed by atoms with Crippen molar-refractivity contribution in [3.05, 3.63) is 11.2 Å². The Hall–Kier alpha value is -1.11. The molecule has 0 atom stereocenters. The van der Waals surface area contributed by atoms with E-state index < -0.39 is 0 Å². The van der Waals surface area contributed by atoms with Crippen LogP contribution in [0.1, 0.15) is 6.42 Å². The van der Waals surface area contributed by atoms with Crippen molar-refractivity contribution < 1.29 is 9.47 Å². The maximum atomic E-state index is 6.17. The van der Waals surface area contributed by atoms with Crippen LogP contribution >= 0.6 is 11.6 Å². The number of nitrogens with one attached hydrogen (secondary N) is 1. The van der Waals surface area contributed by atoms with E-state index in [1.54, 1.807) is 27.5 Å². The molecule has 0 radical (unpaired) electrons. The zero-order valence-electron chi connectivity index (χ0n) is 11.6. The van der Waals surface area contributed by atoms with Gasteiger partial charge in [-0.1, -0.05) is 11.6 Å². The van der Waals surface area contributed by atoms with E-state index in [2.05, 4.69) is 20.2 Å². The molecule has 1 aromatic rings. The summed E-state index contributed by atoms with van der Waals surface area (Å²) in [4.78, 5) is 10.6. The fraction of sp³-hybridized carbons (Fsp3) is 0.667. The van der Waals surface area contributed by atoms with Crippen LogP contribution in [0, 0.1) is 0 Å². The summed E-state index contributed by atoms with van der Waals surface area (Å²) in [5.41, 5.74) is 0. The van der Waals surface area contributed by atoms with Crippen molar-refractivity contribution in [3.8, 4) is 0 Å². The number of methoxy groups -OCH3 is 2. The normalized spacial score (nSPS) is 10.5. The summed E-state index contributed by atoms with van der Waals surface area (Å²) in [5.74, 6) is 1.27. The van der Waals surface area contributed by atoms with Crippen LogP contribution in [0.4, 0.5) is 11.8 Å². The molecule has 6 nitrogen and oxygen atoms in total. The van der Waals surface area contributed by atoms with E-state index in [0.29, 0.717) is 30.0 Å². The zero-order chi connectivity index (χ0) is 14.1. The van der Waals surface area contributed by atoms with Gasteiger partial charge >= 0.3 is 0 Å². The van der Waals surface area contributed by atoms with Gasteiger partial charge in [0.25, 0.3) is 0 Å². The summed E-state index contributed by atoms with van der Waals surface area (Å²) >= 11 is 6.17. The Balaban J connectivity index is 2.81. The number of hydrogen-bond acceptors (Lipinski definition) is 6. The molecule has 1 aromatic heterocycles. The van der Waals surface area contributed by atoms with Gasteiger partial charge in [0, 0.05) is 41.0 Å². The molecular formula is C12H21ClN4O2. The molecule has 1 heterocycles. The third-order valence-corrected chi connectivity index (χ3v) is 2.86. The molecule has 0 spiro atoms. The van der Waals surface area contributed by atoms with Gasteiger partial charge in [-0.05, 0) is 6.42 Å². The second-order valence-electron chi connectivity index (χ2n) is 3.94. The maximum Gasteiger partial charge on any atom is 0.224 e. The molecule has 0 aliphatic carbocycles. The number of aromatic nitrogens is 2. The maximum absolute atomic E-state index is 6.17. The quantitative estimate of drug-likeness (QED) is 0.698. The third-order valence-electron chi connectivity index (χ3n) is 2.59. The van der Waals surface area contributed by atoms with Gasteiger partial charge in [-0.25, -0.2) is 4.98 Å². The van der Waals surface area contributed by atoms with Crippen molar-refractivity contribution >= 4 is 23.4 Å². The van der Waals surface area contributed by atoms with E-state index >= 15 is 0 Å². The van der Waals surface area contributed by atoms with Crippen LogP contribution in [0.2, 0.25) is 5.02 Å². The molecule has 0 amide bonds. The lowest BCUT2D eigenvalue weighted by Gasteiger charge is -2.24. The van der Waals surface area contributed by atoms with Gasteiger partial charge in [0.15, 0.2) is 5.82 Å². The summed E-state index contributed by atoms with van der Waals surface area (Å²) in [5, 5.41) is 3.44. The molecular weight excluding hydrogens is 268 g/mol. The molecule has 0 aromatic carbocycles. The number of halogens is 1. The highest BCUT2D eigenvalue weighted by atomic mass is 35.5. The van der Waals surface area contributed by atoms with Crippen molar-refractivity contribution in [2.75, 3.05) is 57.8 Å². The zero-order valence-corrected chi connectivity index (χ0v) is 12.4. The third kappa shape index (κ3) is 5.18. The molecule has 0 bridgehead atoms. The van der Waals surface area contributed by atoms with E-state index in [4.69, 9.17) is 21.1 Å². The molecule has 108 valence electrons. The Morgan fingerprint density at radius 1 is 1.26 bits per heavy atom. The lowest BCUT2D eigenvalue weighted by Crippen LogP contribution is -2.30. The summed E-state index contributed by atoms with van der Waals surface area (Å²) in [6.07, 6.45) is 2.50. The summed E-state index contributed by atoms with van der Waals surface area (Å²) < 4.78 is 10.2. The Morgan fingerprint density at radius 2 is 2.00 bits per heavy atom. The lowest BCUT2D eigenvalue weighted by molar-refractivity contribution is 0.191. The number of ether oxygens (including phenoxy) is 2. The first-order valence-corrected chi connectivity index (χ1v) is 6.53. The first kappa shape index (κ1) is 15.9. The minimum atomic E-state index is 0.535. The predicted molar refractivity (Wildman–Crippen MR) is 77.2 cm³/mol. The van der Waals surface area contributed by atoms with Crippen LogP contribution in [0.15, 0.2) is 6.20 Å². The number of hydrogen-bond donors (Lipinski definition) is 1. The minimum absolute atomic E-state index is 0.535. The van der Waals surface area contributed by atoms with Crippen LogP contribution in [0.5, 0.6) is 0 Å². The van der Waals surface area contributed by atoms with Gasteiger partial charge in [0.2, 0.25) is 5.95 Å². The van der Waals surface area contributed by atoms with E-state index in [1.165, 1.54) is 0 Å². The molecule has 0 aliphatic heterocycles. The van der Waals surface area contributed by atoms with E-state index in [1.807, 2.05) is 0 Å². The Bertz CT molecular complexity index is 379. The summed E-state index contributed by atoms with van der Waals surface area (Å²) in [6, 6.07) is 0. The Labute approximate surface area is 119 Å². The van der Waals surface area contributed by atoms with Crippen molar-refractivity contribution in [3.63, 3.8) is 0 Å². The van der Waals surface area contributed by atoms with Crippen LogP contribution in [0.3, 0.4) is 0 Å². The molecule has 0 saturated heterocycles. The predicted octanol–water partition coefficient (Wildman–Crippen LogP) is 1.66. The van der Waals surface area contributed by atoms with E-state index in [0.717, 1.165) is 19.5 Å². The average Bonchev–Trinajstić information content (AvgIpc) is 2.43. The topological polar surface area (TPSA) is 59.5 Å². The monoisotopic (exact) mass is 288 g/mol. The summed E-state index contributed by atoms with van der Waals surface area (Å²) in [7, 11) is 5.14. The van der Waals surface area contributed by atoms with Crippen molar-refractivity contribution in [2.45, 2.75) is 6.42 Å². The Kier molecular flexibility index (Phi) is 7.47. The van der Waals surface area contributed by atoms with Gasteiger partial charge in [0.1, 0.15) is 5.02 Å². The van der Waals surface area contributed by atoms with Crippen molar-refractivity contribution in [2.24, 2.45) is 0 Å². The van der Waals surface area contributed by atoms with Crippen molar-refractivity contribution in [1.82, 2.24) is 9.97 Å². The van der Waals surface area contributed by atoms with Gasteiger partial charge in [0.05, 0.1) is 12.8 Å². The van der Waals surface area contributed by atoms with Gasteiger partial charge in [-0.2, -0.15) is 4.98 Å². The largest absolute Gasteiger partial charge is 0.385 e.